The molecular weight excluding hydrogens is 186 g/mol. The molecule has 1 aliphatic rings. The fourth-order valence-electron chi connectivity index (χ4n) is 2.06. The van der Waals surface area contributed by atoms with Gasteiger partial charge < -0.3 is 0 Å². The molecule has 1 saturated carbocycles. The van der Waals surface area contributed by atoms with Gasteiger partial charge in [0, 0.05) is 24.5 Å². The van der Waals surface area contributed by atoms with E-state index in [4.69, 9.17) is 0 Å². The lowest BCUT2D eigenvalue weighted by atomic mass is 10.1. The monoisotopic (exact) mass is 201 g/mol. The summed E-state index contributed by atoms with van der Waals surface area (Å²) in [5, 5.41) is 5.84. The van der Waals surface area contributed by atoms with E-state index in [1.54, 1.807) is 0 Å². The maximum Gasteiger partial charge on any atom is 0.157 e. The van der Waals surface area contributed by atoms with Crippen LogP contribution in [0, 0.1) is 0 Å². The number of aryl methyl sites for hydroxylation is 2. The quantitative estimate of drug-likeness (QED) is 0.747. The van der Waals surface area contributed by atoms with Crippen molar-refractivity contribution in [3.05, 3.63) is 23.5 Å². The van der Waals surface area contributed by atoms with E-state index >= 15 is 0 Å². The van der Waals surface area contributed by atoms with Crippen LogP contribution in [0.4, 0.5) is 0 Å². The van der Waals surface area contributed by atoms with Gasteiger partial charge in [-0.3, -0.25) is 4.68 Å². The highest BCUT2D eigenvalue weighted by Crippen LogP contribution is 2.42. The fraction of sp³-hybridized carbons (Fsp3) is 0.500. The van der Waals surface area contributed by atoms with Gasteiger partial charge in [-0.1, -0.05) is 6.92 Å². The lowest BCUT2D eigenvalue weighted by Gasteiger charge is -1.97. The first kappa shape index (κ1) is 8.89. The number of fused-ring (bicyclic) bond motifs is 1. The number of nitrogens with zero attached hydrogens (tertiary/aromatic N) is 3. The molecule has 0 spiro atoms. The van der Waals surface area contributed by atoms with Gasteiger partial charge >= 0.3 is 0 Å². The number of hydrogen-bond donors (Lipinski definition) is 0. The standard InChI is InChI=1S/C12H15N3/c1-3-8-6-10-11(9-4-5-9)14-15(2)12(10)13-7-8/h6-7,9H,3-5H2,1-2H3. The van der Waals surface area contributed by atoms with E-state index < -0.39 is 0 Å². The molecule has 0 aliphatic heterocycles. The van der Waals surface area contributed by atoms with E-state index in [0.717, 1.165) is 12.1 Å². The first-order valence-corrected chi connectivity index (χ1v) is 5.61. The molecule has 3 rings (SSSR count). The molecule has 2 aromatic rings. The lowest BCUT2D eigenvalue weighted by molar-refractivity contribution is 0.759. The third-order valence-electron chi connectivity index (χ3n) is 3.14. The molecule has 0 amide bonds. The average molecular weight is 201 g/mol. The zero-order valence-corrected chi connectivity index (χ0v) is 9.20. The molecule has 2 aromatic heterocycles. The van der Waals surface area contributed by atoms with Crippen LogP contribution in [0.1, 0.15) is 36.9 Å². The highest BCUT2D eigenvalue weighted by Gasteiger charge is 2.28. The van der Waals surface area contributed by atoms with Crippen LogP contribution < -0.4 is 0 Å². The van der Waals surface area contributed by atoms with E-state index in [-0.39, 0.29) is 0 Å². The third-order valence-corrected chi connectivity index (χ3v) is 3.14. The van der Waals surface area contributed by atoms with E-state index in [9.17, 15) is 0 Å². The van der Waals surface area contributed by atoms with Crippen LogP contribution in [0.3, 0.4) is 0 Å². The summed E-state index contributed by atoms with van der Waals surface area (Å²) in [5.41, 5.74) is 3.59. The summed E-state index contributed by atoms with van der Waals surface area (Å²) >= 11 is 0. The van der Waals surface area contributed by atoms with Gasteiger partial charge in [0.15, 0.2) is 5.65 Å². The van der Waals surface area contributed by atoms with Crippen molar-refractivity contribution < 1.29 is 0 Å². The first-order valence-electron chi connectivity index (χ1n) is 5.61. The lowest BCUT2D eigenvalue weighted by Crippen LogP contribution is -1.92. The van der Waals surface area contributed by atoms with Crippen LogP contribution in [0.2, 0.25) is 0 Å². The second-order valence-corrected chi connectivity index (χ2v) is 4.35. The fourth-order valence-corrected chi connectivity index (χ4v) is 2.06. The summed E-state index contributed by atoms with van der Waals surface area (Å²) in [4.78, 5) is 4.48. The number of pyridine rings is 1. The average Bonchev–Trinajstić information content (AvgIpc) is 3.04. The van der Waals surface area contributed by atoms with E-state index in [2.05, 4.69) is 23.1 Å². The van der Waals surface area contributed by atoms with Gasteiger partial charge in [-0.05, 0) is 30.9 Å². The van der Waals surface area contributed by atoms with Gasteiger partial charge in [0.1, 0.15) is 0 Å². The van der Waals surface area contributed by atoms with Crippen molar-refractivity contribution in [2.75, 3.05) is 0 Å². The number of rotatable bonds is 2. The highest BCUT2D eigenvalue weighted by atomic mass is 15.3. The second kappa shape index (κ2) is 3.05. The van der Waals surface area contributed by atoms with Gasteiger partial charge in [-0.15, -0.1) is 0 Å². The van der Waals surface area contributed by atoms with Crippen LogP contribution in [0.5, 0.6) is 0 Å². The van der Waals surface area contributed by atoms with Crippen molar-refractivity contribution in [3.63, 3.8) is 0 Å². The Balaban J connectivity index is 2.26. The van der Waals surface area contributed by atoms with Crippen LogP contribution >= 0.6 is 0 Å². The predicted molar refractivity (Wildman–Crippen MR) is 59.9 cm³/mol. The summed E-state index contributed by atoms with van der Waals surface area (Å²) in [7, 11) is 1.98. The SMILES string of the molecule is CCc1cnc2c(c1)c(C1CC1)nn2C. The summed E-state index contributed by atoms with van der Waals surface area (Å²) in [6.45, 7) is 2.16. The summed E-state index contributed by atoms with van der Waals surface area (Å²) in [6, 6.07) is 2.25. The molecule has 0 atom stereocenters. The normalized spacial score (nSPS) is 16.1. The summed E-state index contributed by atoms with van der Waals surface area (Å²) < 4.78 is 1.91. The Morgan fingerprint density at radius 2 is 2.27 bits per heavy atom. The van der Waals surface area contributed by atoms with E-state index in [1.807, 2.05) is 17.9 Å². The molecule has 0 bridgehead atoms. The molecule has 15 heavy (non-hydrogen) atoms. The molecule has 0 radical (unpaired) electrons. The number of aromatic nitrogens is 3. The van der Waals surface area contributed by atoms with Crippen LogP contribution in [-0.2, 0) is 13.5 Å². The molecule has 0 N–H and O–H groups in total. The first-order chi connectivity index (χ1) is 7.29. The Kier molecular flexibility index (Phi) is 1.81. The van der Waals surface area contributed by atoms with Crippen LogP contribution in [0.25, 0.3) is 11.0 Å². The molecule has 78 valence electrons. The van der Waals surface area contributed by atoms with E-state index in [0.29, 0.717) is 5.92 Å². The van der Waals surface area contributed by atoms with Gasteiger partial charge in [0.05, 0.1) is 5.69 Å². The van der Waals surface area contributed by atoms with Gasteiger partial charge in [0.25, 0.3) is 0 Å². The van der Waals surface area contributed by atoms with Crippen molar-refractivity contribution in [3.8, 4) is 0 Å². The van der Waals surface area contributed by atoms with Crippen molar-refractivity contribution in [1.29, 1.82) is 0 Å². The van der Waals surface area contributed by atoms with Crippen molar-refractivity contribution in [2.45, 2.75) is 32.1 Å². The van der Waals surface area contributed by atoms with Crippen molar-refractivity contribution >= 4 is 11.0 Å². The zero-order valence-electron chi connectivity index (χ0n) is 9.20. The molecule has 2 heterocycles. The Labute approximate surface area is 89.1 Å². The highest BCUT2D eigenvalue weighted by molar-refractivity contribution is 5.79. The van der Waals surface area contributed by atoms with Gasteiger partial charge in [0.2, 0.25) is 0 Å². The van der Waals surface area contributed by atoms with Gasteiger partial charge in [-0.2, -0.15) is 5.10 Å². The molecule has 1 fully saturated rings. The maximum absolute atomic E-state index is 4.58. The zero-order chi connectivity index (χ0) is 10.4. The summed E-state index contributed by atoms with van der Waals surface area (Å²) in [5.74, 6) is 0.697. The molecule has 0 aromatic carbocycles. The maximum atomic E-state index is 4.58. The van der Waals surface area contributed by atoms with Gasteiger partial charge in [-0.25, -0.2) is 4.98 Å². The van der Waals surface area contributed by atoms with Crippen LogP contribution in [0.15, 0.2) is 12.3 Å². The van der Waals surface area contributed by atoms with Crippen LogP contribution in [-0.4, -0.2) is 14.8 Å². The minimum Gasteiger partial charge on any atom is -0.250 e. The molecule has 3 heteroatoms. The third kappa shape index (κ3) is 1.34. The largest absolute Gasteiger partial charge is 0.250 e. The molecule has 3 nitrogen and oxygen atoms in total. The second-order valence-electron chi connectivity index (χ2n) is 4.35. The molecule has 0 unspecified atom stereocenters. The number of hydrogen-bond acceptors (Lipinski definition) is 2. The smallest absolute Gasteiger partial charge is 0.157 e. The minimum absolute atomic E-state index is 0.697. The van der Waals surface area contributed by atoms with Crippen molar-refractivity contribution in [1.82, 2.24) is 14.8 Å². The molecule has 1 aliphatic carbocycles. The predicted octanol–water partition coefficient (Wildman–Crippen LogP) is 2.41. The van der Waals surface area contributed by atoms with Crippen molar-refractivity contribution in [2.24, 2.45) is 7.05 Å². The summed E-state index contributed by atoms with van der Waals surface area (Å²) in [6.07, 6.45) is 5.59. The Morgan fingerprint density at radius 1 is 1.47 bits per heavy atom. The Hall–Kier alpha value is -1.38. The molecule has 0 saturated heterocycles. The molecular formula is C12H15N3. The Bertz CT molecular complexity index is 509. The van der Waals surface area contributed by atoms with E-state index in [1.165, 1.54) is 29.5 Å². The Morgan fingerprint density at radius 3 is 2.93 bits per heavy atom. The topological polar surface area (TPSA) is 30.7 Å². The minimum atomic E-state index is 0.697.